The number of hydrazine groups is 1. The summed E-state index contributed by atoms with van der Waals surface area (Å²) in [5.74, 6) is -0.714. The summed E-state index contributed by atoms with van der Waals surface area (Å²) in [6.07, 6.45) is -1.31. The highest BCUT2D eigenvalue weighted by Gasteiger charge is 2.51. The van der Waals surface area contributed by atoms with Crippen LogP contribution in [0, 0.1) is 20.2 Å². The third-order valence-electron chi connectivity index (χ3n) is 6.97. The van der Waals surface area contributed by atoms with Crippen molar-refractivity contribution in [3.63, 3.8) is 0 Å². The van der Waals surface area contributed by atoms with Gasteiger partial charge in [0.15, 0.2) is 0 Å². The Morgan fingerprint density at radius 3 is 1.55 bits per heavy atom. The van der Waals surface area contributed by atoms with Gasteiger partial charge < -0.3 is 14.4 Å². The number of carbonyl (C=O) groups is 3. The average Bonchev–Trinajstić information content (AvgIpc) is 3.28. The number of rotatable bonds is 7. The zero-order chi connectivity index (χ0) is 29.8. The number of carbonyl (C=O) groups excluding carboxylic acids is 3. The summed E-state index contributed by atoms with van der Waals surface area (Å²) in [5, 5.41) is 25.0. The van der Waals surface area contributed by atoms with E-state index in [4.69, 9.17) is 9.47 Å². The van der Waals surface area contributed by atoms with Crippen LogP contribution in [0.2, 0.25) is 0 Å². The van der Waals surface area contributed by atoms with Gasteiger partial charge in [-0.05, 0) is 17.5 Å². The topological polar surface area (TPSA) is 166 Å². The lowest BCUT2D eigenvalue weighted by Gasteiger charge is -2.30. The molecule has 0 saturated carbocycles. The van der Waals surface area contributed by atoms with E-state index < -0.39 is 51.4 Å². The Labute approximate surface area is 238 Å². The van der Waals surface area contributed by atoms with Crippen molar-refractivity contribution in [3.05, 3.63) is 116 Å². The van der Waals surface area contributed by atoms with Crippen molar-refractivity contribution in [1.29, 1.82) is 0 Å². The highest BCUT2D eigenvalue weighted by Crippen LogP contribution is 2.34. The van der Waals surface area contributed by atoms with E-state index in [1.54, 1.807) is 48.5 Å². The predicted molar refractivity (Wildman–Crippen MR) is 145 cm³/mol. The van der Waals surface area contributed by atoms with E-state index in [0.717, 1.165) is 39.3 Å². The average molecular weight is 576 g/mol. The maximum Gasteiger partial charge on any atom is 0.429 e. The molecule has 0 spiro atoms. The fourth-order valence-electron chi connectivity index (χ4n) is 5.08. The van der Waals surface area contributed by atoms with E-state index in [1.165, 1.54) is 4.90 Å². The first-order valence-electron chi connectivity index (χ1n) is 12.9. The first kappa shape index (κ1) is 28.0. The highest BCUT2D eigenvalue weighted by atomic mass is 16.6. The highest BCUT2D eigenvalue weighted by molar-refractivity contribution is 5.96. The van der Waals surface area contributed by atoms with E-state index in [9.17, 15) is 34.6 Å². The van der Waals surface area contributed by atoms with Crippen molar-refractivity contribution in [2.45, 2.75) is 31.7 Å². The predicted octanol–water partition coefficient (Wildman–Crippen LogP) is 4.29. The molecule has 2 bridgehead atoms. The SMILES string of the molecule is O=C(c1cc([N+](=O)[O-])cc([N+](=O)[O-])c1)N1CC2CC(C1)N(C(=O)OCc1ccccc1)N2C(=O)OCc1ccccc1. The lowest BCUT2D eigenvalue weighted by molar-refractivity contribution is -0.394. The number of likely N-dealkylation sites (tertiary alicyclic amines) is 1. The fraction of sp³-hybridized carbons (Fsp3) is 0.250. The van der Waals surface area contributed by atoms with E-state index >= 15 is 0 Å². The molecule has 2 fully saturated rings. The summed E-state index contributed by atoms with van der Waals surface area (Å²) in [4.78, 5) is 62.5. The Balaban J connectivity index is 1.39. The van der Waals surface area contributed by atoms with Crippen molar-refractivity contribution >= 4 is 29.5 Å². The Morgan fingerprint density at radius 2 is 1.14 bits per heavy atom. The standard InChI is InChI=1S/C28H25N5O9/c34-26(21-11-22(32(37)38)13-23(12-21)33(39)40)29-15-24-14-25(16-29)31(28(36)42-18-20-9-5-2-6-10-20)30(24)27(35)41-17-19-7-3-1-4-8-19/h1-13,24-25H,14-18H2. The van der Waals surface area contributed by atoms with Crippen LogP contribution in [0.5, 0.6) is 0 Å². The molecular formula is C28H25N5O9. The van der Waals surface area contributed by atoms with Gasteiger partial charge in [-0.15, -0.1) is 0 Å². The molecule has 42 heavy (non-hydrogen) atoms. The smallest absolute Gasteiger partial charge is 0.429 e. The normalized spacial score (nSPS) is 17.5. The Morgan fingerprint density at radius 1 is 0.714 bits per heavy atom. The molecule has 2 unspecified atom stereocenters. The number of benzene rings is 3. The first-order chi connectivity index (χ1) is 20.2. The zero-order valence-electron chi connectivity index (χ0n) is 22.1. The lowest BCUT2D eigenvalue weighted by Crippen LogP contribution is -2.50. The first-order valence-corrected chi connectivity index (χ1v) is 12.9. The second-order valence-corrected chi connectivity index (χ2v) is 9.78. The number of nitro benzene ring substituents is 2. The van der Waals surface area contributed by atoms with Crippen LogP contribution in [0.1, 0.15) is 27.9 Å². The minimum atomic E-state index is -0.821. The number of piperidine rings is 1. The second-order valence-electron chi connectivity index (χ2n) is 9.78. The van der Waals surface area contributed by atoms with E-state index in [0.29, 0.717) is 6.42 Å². The van der Waals surface area contributed by atoms with Crippen LogP contribution < -0.4 is 0 Å². The van der Waals surface area contributed by atoms with Crippen LogP contribution in [0.4, 0.5) is 21.0 Å². The van der Waals surface area contributed by atoms with Gasteiger partial charge in [-0.3, -0.25) is 25.0 Å². The van der Waals surface area contributed by atoms with Crippen LogP contribution in [0.3, 0.4) is 0 Å². The number of nitrogens with zero attached hydrogens (tertiary/aromatic N) is 5. The van der Waals surface area contributed by atoms with Gasteiger partial charge in [0.25, 0.3) is 17.3 Å². The van der Waals surface area contributed by atoms with Gasteiger partial charge in [-0.1, -0.05) is 60.7 Å². The summed E-state index contributed by atoms with van der Waals surface area (Å²) in [7, 11) is 0. The minimum absolute atomic E-state index is 0.0469. The molecule has 3 aromatic carbocycles. The van der Waals surface area contributed by atoms with Gasteiger partial charge in [0.1, 0.15) is 13.2 Å². The molecule has 14 heteroatoms. The monoisotopic (exact) mass is 575 g/mol. The molecule has 14 nitrogen and oxygen atoms in total. The second kappa shape index (κ2) is 11.9. The number of hydrogen-bond donors (Lipinski definition) is 0. The van der Waals surface area contributed by atoms with Crippen LogP contribution >= 0.6 is 0 Å². The zero-order valence-corrected chi connectivity index (χ0v) is 22.1. The van der Waals surface area contributed by atoms with E-state index in [1.807, 2.05) is 12.1 Å². The maximum atomic E-state index is 13.5. The molecule has 0 aliphatic carbocycles. The van der Waals surface area contributed by atoms with Gasteiger partial charge in [0, 0.05) is 25.2 Å². The minimum Gasteiger partial charge on any atom is -0.443 e. The van der Waals surface area contributed by atoms with Gasteiger partial charge in [-0.2, -0.15) is 0 Å². The molecule has 0 aromatic heterocycles. The van der Waals surface area contributed by atoms with Crippen LogP contribution in [-0.2, 0) is 22.7 Å². The summed E-state index contributed by atoms with van der Waals surface area (Å²) in [6, 6.07) is 19.2. The van der Waals surface area contributed by atoms with Crippen molar-refractivity contribution in [2.24, 2.45) is 0 Å². The van der Waals surface area contributed by atoms with Crippen molar-refractivity contribution in [3.8, 4) is 0 Å². The van der Waals surface area contributed by atoms with Crippen LogP contribution in [0.15, 0.2) is 78.9 Å². The largest absolute Gasteiger partial charge is 0.443 e. The number of nitro groups is 2. The fourth-order valence-corrected chi connectivity index (χ4v) is 5.08. The summed E-state index contributed by atoms with van der Waals surface area (Å²) in [5.41, 5.74) is -0.00581. The molecule has 2 aliphatic heterocycles. The quantitative estimate of drug-likeness (QED) is 0.295. The number of amides is 3. The number of hydrogen-bond acceptors (Lipinski definition) is 9. The molecule has 0 radical (unpaired) electrons. The van der Waals surface area contributed by atoms with Crippen molar-refractivity contribution < 1.29 is 33.7 Å². The summed E-state index contributed by atoms with van der Waals surface area (Å²) in [6.45, 7) is -0.204. The van der Waals surface area contributed by atoms with Crippen molar-refractivity contribution in [1.82, 2.24) is 14.9 Å². The van der Waals surface area contributed by atoms with E-state index in [-0.39, 0.29) is 31.9 Å². The van der Waals surface area contributed by atoms with Crippen molar-refractivity contribution in [2.75, 3.05) is 13.1 Å². The number of fused-ring (bicyclic) bond motifs is 2. The third kappa shape index (κ3) is 5.96. The van der Waals surface area contributed by atoms with Gasteiger partial charge in [-0.25, -0.2) is 19.6 Å². The van der Waals surface area contributed by atoms with Crippen LogP contribution in [-0.4, -0.2) is 68.0 Å². The van der Waals surface area contributed by atoms with Gasteiger partial charge in [0.2, 0.25) is 0 Å². The third-order valence-corrected chi connectivity index (χ3v) is 6.97. The molecule has 2 heterocycles. The van der Waals surface area contributed by atoms with Gasteiger partial charge in [0.05, 0.1) is 33.6 Å². The summed E-state index contributed by atoms with van der Waals surface area (Å²) < 4.78 is 11.0. The lowest BCUT2D eigenvalue weighted by atomic mass is 10.0. The maximum absolute atomic E-state index is 13.5. The molecule has 216 valence electrons. The molecule has 2 saturated heterocycles. The molecule has 5 rings (SSSR count). The van der Waals surface area contributed by atoms with Gasteiger partial charge >= 0.3 is 12.2 Å². The van der Waals surface area contributed by atoms with E-state index in [2.05, 4.69) is 0 Å². The molecule has 2 atom stereocenters. The Bertz CT molecular complexity index is 1420. The molecule has 2 aliphatic rings. The Hall–Kier alpha value is -5.53. The molecule has 0 N–H and O–H groups in total. The number of non-ortho nitro benzene ring substituents is 2. The number of ether oxygens (including phenoxy) is 2. The Kier molecular flexibility index (Phi) is 7.95. The molecule has 3 amide bonds. The van der Waals surface area contributed by atoms with Crippen LogP contribution in [0.25, 0.3) is 0 Å². The molecule has 3 aromatic rings. The molecular weight excluding hydrogens is 550 g/mol. The summed E-state index contributed by atoms with van der Waals surface area (Å²) >= 11 is 0.